The lowest BCUT2D eigenvalue weighted by molar-refractivity contribution is 0.508. The highest BCUT2D eigenvalue weighted by Crippen LogP contribution is 2.20. The molecule has 2 aromatic rings. The molecule has 0 aliphatic heterocycles. The van der Waals surface area contributed by atoms with Gasteiger partial charge in [0.1, 0.15) is 5.76 Å². The van der Waals surface area contributed by atoms with Gasteiger partial charge in [0.2, 0.25) is 0 Å². The van der Waals surface area contributed by atoms with Crippen molar-refractivity contribution in [2.24, 2.45) is 0 Å². The molecule has 86 valence electrons. The fourth-order valence-electron chi connectivity index (χ4n) is 1.85. The van der Waals surface area contributed by atoms with Gasteiger partial charge in [-0.25, -0.2) is 0 Å². The molecule has 1 atom stereocenters. The quantitative estimate of drug-likeness (QED) is 0.839. The minimum Gasteiger partial charge on any atom is -0.472 e. The maximum atomic E-state index is 5.35. The van der Waals surface area contributed by atoms with Crippen LogP contribution >= 0.6 is 0 Å². The third kappa shape index (κ3) is 2.55. The van der Waals surface area contributed by atoms with Gasteiger partial charge in [-0.15, -0.1) is 0 Å². The molecule has 0 amide bonds. The Balaban J connectivity index is 2.11. The van der Waals surface area contributed by atoms with Crippen molar-refractivity contribution in [3.8, 4) is 0 Å². The molecule has 16 heavy (non-hydrogen) atoms. The van der Waals surface area contributed by atoms with E-state index in [-0.39, 0.29) is 0 Å². The molecule has 2 rings (SSSR count). The molecule has 1 unspecified atom stereocenters. The van der Waals surface area contributed by atoms with Crippen LogP contribution in [-0.4, -0.2) is 6.54 Å². The Bertz CT molecular complexity index is 417. The molecule has 0 bridgehead atoms. The number of hydrogen-bond donors (Lipinski definition) is 1. The molecule has 3 heteroatoms. The van der Waals surface area contributed by atoms with Gasteiger partial charge in [0.05, 0.1) is 18.8 Å². The van der Waals surface area contributed by atoms with E-state index in [9.17, 15) is 0 Å². The Labute approximate surface area is 95.5 Å². The summed E-state index contributed by atoms with van der Waals surface area (Å²) in [5, 5.41) is 3.45. The number of aryl methyl sites for hydroxylation is 1. The van der Waals surface area contributed by atoms with Crippen LogP contribution in [0.25, 0.3) is 0 Å². The smallest absolute Gasteiger partial charge is 0.101 e. The minimum absolute atomic E-state index is 0.292. The molecule has 0 spiro atoms. The van der Waals surface area contributed by atoms with E-state index in [2.05, 4.69) is 18.3 Å². The zero-order chi connectivity index (χ0) is 11.4. The molecular formula is C13H17NO2. The second-order valence-corrected chi connectivity index (χ2v) is 3.94. The van der Waals surface area contributed by atoms with E-state index in [1.54, 1.807) is 12.5 Å². The van der Waals surface area contributed by atoms with Crippen LogP contribution in [0, 0.1) is 6.92 Å². The van der Waals surface area contributed by atoms with Crippen molar-refractivity contribution >= 4 is 0 Å². The van der Waals surface area contributed by atoms with Gasteiger partial charge in [-0.1, -0.05) is 6.92 Å². The van der Waals surface area contributed by atoms with Crippen molar-refractivity contribution in [2.45, 2.75) is 26.3 Å². The van der Waals surface area contributed by atoms with Gasteiger partial charge in [0.15, 0.2) is 0 Å². The Morgan fingerprint density at radius 3 is 2.81 bits per heavy atom. The highest BCUT2D eigenvalue weighted by molar-refractivity contribution is 5.20. The van der Waals surface area contributed by atoms with Gasteiger partial charge in [0, 0.05) is 11.6 Å². The van der Waals surface area contributed by atoms with Crippen molar-refractivity contribution in [3.05, 3.63) is 47.8 Å². The second kappa shape index (κ2) is 5.03. The van der Waals surface area contributed by atoms with Crippen molar-refractivity contribution in [2.75, 3.05) is 6.54 Å². The van der Waals surface area contributed by atoms with Gasteiger partial charge in [-0.2, -0.15) is 0 Å². The first kappa shape index (κ1) is 11.0. The molecule has 0 aliphatic carbocycles. The summed E-state index contributed by atoms with van der Waals surface area (Å²) in [5.74, 6) is 0.949. The Kier molecular flexibility index (Phi) is 3.47. The van der Waals surface area contributed by atoms with Gasteiger partial charge in [0.25, 0.3) is 0 Å². The molecular weight excluding hydrogens is 202 g/mol. The fraction of sp³-hybridized carbons (Fsp3) is 0.385. The summed E-state index contributed by atoms with van der Waals surface area (Å²) >= 11 is 0. The summed E-state index contributed by atoms with van der Waals surface area (Å²) in [6.07, 6.45) is 6.24. The van der Waals surface area contributed by atoms with Gasteiger partial charge < -0.3 is 14.2 Å². The Hall–Kier alpha value is -1.48. The number of furan rings is 2. The third-order valence-corrected chi connectivity index (χ3v) is 2.62. The van der Waals surface area contributed by atoms with Gasteiger partial charge in [-0.05, 0) is 37.6 Å². The van der Waals surface area contributed by atoms with Gasteiger partial charge >= 0.3 is 0 Å². The van der Waals surface area contributed by atoms with Crippen LogP contribution in [-0.2, 0) is 6.42 Å². The zero-order valence-corrected chi connectivity index (χ0v) is 9.69. The maximum absolute atomic E-state index is 5.35. The first-order chi connectivity index (χ1) is 7.79. The monoisotopic (exact) mass is 219 g/mol. The number of rotatable bonds is 5. The molecule has 0 fully saturated rings. The molecule has 2 heterocycles. The summed E-state index contributed by atoms with van der Waals surface area (Å²) in [6, 6.07) is 4.37. The predicted molar refractivity (Wildman–Crippen MR) is 62.3 cm³/mol. The van der Waals surface area contributed by atoms with E-state index in [4.69, 9.17) is 8.83 Å². The first-order valence-electron chi connectivity index (χ1n) is 5.59. The second-order valence-electron chi connectivity index (χ2n) is 3.94. The van der Waals surface area contributed by atoms with Crippen LogP contribution in [0.4, 0.5) is 0 Å². The molecule has 2 aromatic heterocycles. The van der Waals surface area contributed by atoms with E-state index >= 15 is 0 Å². The largest absolute Gasteiger partial charge is 0.472 e. The molecule has 0 aliphatic rings. The van der Waals surface area contributed by atoms with E-state index in [0.29, 0.717) is 6.04 Å². The van der Waals surface area contributed by atoms with Crippen LogP contribution in [0.15, 0.2) is 39.8 Å². The normalized spacial score (nSPS) is 12.9. The summed E-state index contributed by atoms with van der Waals surface area (Å²) in [5.41, 5.74) is 2.39. The molecule has 0 aromatic carbocycles. The molecule has 0 saturated carbocycles. The average molecular weight is 219 g/mol. The summed E-state index contributed by atoms with van der Waals surface area (Å²) in [4.78, 5) is 0. The van der Waals surface area contributed by atoms with Crippen LogP contribution in [0.2, 0.25) is 0 Å². The maximum Gasteiger partial charge on any atom is 0.101 e. The summed E-state index contributed by atoms with van der Waals surface area (Å²) in [7, 11) is 0. The third-order valence-electron chi connectivity index (χ3n) is 2.62. The van der Waals surface area contributed by atoms with Crippen LogP contribution in [0.3, 0.4) is 0 Å². The van der Waals surface area contributed by atoms with Crippen molar-refractivity contribution in [1.29, 1.82) is 0 Å². The Morgan fingerprint density at radius 1 is 1.38 bits per heavy atom. The first-order valence-corrected chi connectivity index (χ1v) is 5.59. The molecule has 0 radical (unpaired) electrons. The minimum atomic E-state index is 0.292. The van der Waals surface area contributed by atoms with Crippen LogP contribution in [0.5, 0.6) is 0 Å². The standard InChI is InChI=1S/C13H17NO2/c1-3-14-13(7-11-4-5-15-8-11)12-6-10(2)16-9-12/h4-6,8-9,13-14H,3,7H2,1-2H3. The number of likely N-dealkylation sites (N-methyl/N-ethyl adjacent to an activating group) is 1. The summed E-state index contributed by atoms with van der Waals surface area (Å²) < 4.78 is 10.4. The number of hydrogen-bond acceptors (Lipinski definition) is 3. The van der Waals surface area contributed by atoms with E-state index < -0.39 is 0 Å². The highest BCUT2D eigenvalue weighted by Gasteiger charge is 2.13. The van der Waals surface area contributed by atoms with Crippen molar-refractivity contribution < 1.29 is 8.83 Å². The lowest BCUT2D eigenvalue weighted by Gasteiger charge is -2.14. The van der Waals surface area contributed by atoms with Crippen LogP contribution in [0.1, 0.15) is 29.9 Å². The predicted octanol–water partition coefficient (Wildman–Crippen LogP) is 3.07. The molecule has 1 N–H and O–H groups in total. The molecule has 3 nitrogen and oxygen atoms in total. The number of nitrogens with one attached hydrogen (secondary N) is 1. The summed E-state index contributed by atoms with van der Waals surface area (Å²) in [6.45, 7) is 5.01. The average Bonchev–Trinajstić information content (AvgIpc) is 2.88. The Morgan fingerprint density at radius 2 is 2.25 bits per heavy atom. The van der Waals surface area contributed by atoms with Crippen molar-refractivity contribution in [1.82, 2.24) is 5.32 Å². The van der Waals surface area contributed by atoms with Crippen LogP contribution < -0.4 is 5.32 Å². The topological polar surface area (TPSA) is 38.3 Å². The van der Waals surface area contributed by atoms with Gasteiger partial charge in [-0.3, -0.25) is 0 Å². The van der Waals surface area contributed by atoms with E-state index in [1.807, 2.05) is 19.3 Å². The lowest BCUT2D eigenvalue weighted by Crippen LogP contribution is -2.22. The fourth-order valence-corrected chi connectivity index (χ4v) is 1.85. The lowest BCUT2D eigenvalue weighted by atomic mass is 10.0. The highest BCUT2D eigenvalue weighted by atomic mass is 16.3. The van der Waals surface area contributed by atoms with Crippen molar-refractivity contribution in [3.63, 3.8) is 0 Å². The zero-order valence-electron chi connectivity index (χ0n) is 9.69. The SMILES string of the molecule is CCNC(Cc1ccoc1)c1coc(C)c1. The van der Waals surface area contributed by atoms with E-state index in [1.165, 1.54) is 11.1 Å². The molecule has 0 saturated heterocycles. The van der Waals surface area contributed by atoms with E-state index in [0.717, 1.165) is 18.7 Å².